The Morgan fingerprint density at radius 1 is 1.44 bits per heavy atom. The smallest absolute Gasteiger partial charge is 0.237 e. The van der Waals surface area contributed by atoms with Crippen LogP contribution in [0.3, 0.4) is 0 Å². The number of likely N-dealkylation sites (tertiary alicyclic amines) is 1. The molecule has 2 atom stereocenters. The van der Waals surface area contributed by atoms with Crippen LogP contribution >= 0.6 is 0 Å². The van der Waals surface area contributed by atoms with E-state index in [-0.39, 0.29) is 17.7 Å². The second-order valence-corrected chi connectivity index (χ2v) is 6.57. The van der Waals surface area contributed by atoms with Gasteiger partial charge in [0, 0.05) is 12.6 Å². The molecule has 0 radical (unpaired) electrons. The zero-order valence-corrected chi connectivity index (χ0v) is 10.4. The third-order valence-corrected chi connectivity index (χ3v) is 3.97. The van der Waals surface area contributed by atoms with Gasteiger partial charge in [0.05, 0.1) is 6.07 Å². The maximum atomic E-state index is 11.8. The summed E-state index contributed by atoms with van der Waals surface area (Å²) in [5, 5.41) is 8.61. The molecule has 2 fully saturated rings. The monoisotopic (exact) mass is 220 g/mol. The van der Waals surface area contributed by atoms with Crippen LogP contribution in [0, 0.1) is 22.2 Å². The molecule has 1 aliphatic carbocycles. The predicted molar refractivity (Wildman–Crippen MR) is 61.5 cm³/mol. The third kappa shape index (κ3) is 1.93. The molecule has 1 saturated heterocycles. The molecular weight excluding hydrogens is 200 g/mol. The van der Waals surface area contributed by atoms with Crippen LogP contribution in [0.15, 0.2) is 0 Å². The zero-order chi connectivity index (χ0) is 12.0. The summed E-state index contributed by atoms with van der Waals surface area (Å²) in [7, 11) is 0. The number of hydrogen-bond acceptors (Lipinski definition) is 2. The van der Waals surface area contributed by atoms with Crippen molar-refractivity contribution in [2.24, 2.45) is 10.8 Å². The lowest BCUT2D eigenvalue weighted by Gasteiger charge is -2.39. The topological polar surface area (TPSA) is 44.1 Å². The fourth-order valence-corrected chi connectivity index (χ4v) is 3.92. The average molecular weight is 220 g/mol. The van der Waals surface area contributed by atoms with E-state index in [2.05, 4.69) is 20.8 Å². The fraction of sp³-hybridized carbons (Fsp3) is 0.846. The lowest BCUT2D eigenvalue weighted by molar-refractivity contribution is -0.131. The van der Waals surface area contributed by atoms with Crippen LogP contribution in [0.25, 0.3) is 0 Å². The SMILES string of the molecule is CC1(C)CC2CC(C)(CN2C(=O)CC#N)C1. The van der Waals surface area contributed by atoms with Crippen LogP contribution < -0.4 is 0 Å². The zero-order valence-electron chi connectivity index (χ0n) is 10.4. The van der Waals surface area contributed by atoms with E-state index in [1.165, 1.54) is 6.42 Å². The molecule has 88 valence electrons. The molecule has 2 aliphatic rings. The molecule has 3 heteroatoms. The van der Waals surface area contributed by atoms with Crippen molar-refractivity contribution in [2.45, 2.75) is 52.5 Å². The van der Waals surface area contributed by atoms with E-state index in [4.69, 9.17) is 5.26 Å². The molecule has 0 spiro atoms. The first-order valence-corrected chi connectivity index (χ1v) is 6.02. The van der Waals surface area contributed by atoms with Crippen molar-refractivity contribution in [3.05, 3.63) is 0 Å². The van der Waals surface area contributed by atoms with Gasteiger partial charge in [-0.05, 0) is 30.1 Å². The number of carbonyl (C=O) groups excluding carboxylic acids is 1. The van der Waals surface area contributed by atoms with Crippen LogP contribution in [-0.2, 0) is 4.79 Å². The fourth-order valence-electron chi connectivity index (χ4n) is 3.92. The van der Waals surface area contributed by atoms with E-state index in [1.807, 2.05) is 11.0 Å². The van der Waals surface area contributed by atoms with Gasteiger partial charge in [-0.1, -0.05) is 20.8 Å². The molecule has 0 aromatic heterocycles. The Morgan fingerprint density at radius 3 is 2.75 bits per heavy atom. The van der Waals surface area contributed by atoms with Gasteiger partial charge in [-0.15, -0.1) is 0 Å². The van der Waals surface area contributed by atoms with Crippen LogP contribution in [0.5, 0.6) is 0 Å². The van der Waals surface area contributed by atoms with E-state index in [0.29, 0.717) is 11.5 Å². The Labute approximate surface area is 97.4 Å². The summed E-state index contributed by atoms with van der Waals surface area (Å²) in [6.07, 6.45) is 3.42. The first-order valence-electron chi connectivity index (χ1n) is 6.02. The van der Waals surface area contributed by atoms with Crippen molar-refractivity contribution in [3.8, 4) is 6.07 Å². The number of hydrogen-bond donors (Lipinski definition) is 0. The van der Waals surface area contributed by atoms with Crippen LogP contribution in [0.2, 0.25) is 0 Å². The molecule has 2 bridgehead atoms. The Morgan fingerprint density at radius 2 is 2.12 bits per heavy atom. The van der Waals surface area contributed by atoms with Crippen molar-refractivity contribution in [3.63, 3.8) is 0 Å². The van der Waals surface area contributed by atoms with Crippen molar-refractivity contribution >= 4 is 5.91 Å². The van der Waals surface area contributed by atoms with Gasteiger partial charge in [0.1, 0.15) is 6.42 Å². The molecule has 3 nitrogen and oxygen atoms in total. The average Bonchev–Trinajstić information content (AvgIpc) is 2.35. The van der Waals surface area contributed by atoms with Crippen molar-refractivity contribution in [1.29, 1.82) is 5.26 Å². The Balaban J connectivity index is 2.17. The third-order valence-electron chi connectivity index (χ3n) is 3.97. The highest BCUT2D eigenvalue weighted by Gasteiger charge is 2.50. The molecule has 2 unspecified atom stereocenters. The van der Waals surface area contributed by atoms with Gasteiger partial charge in [0.15, 0.2) is 0 Å². The molecule has 1 aliphatic heterocycles. The maximum Gasteiger partial charge on any atom is 0.237 e. The van der Waals surface area contributed by atoms with E-state index in [0.717, 1.165) is 19.4 Å². The van der Waals surface area contributed by atoms with E-state index in [1.54, 1.807) is 0 Å². The molecule has 1 saturated carbocycles. The highest BCUT2D eigenvalue weighted by atomic mass is 16.2. The van der Waals surface area contributed by atoms with Crippen molar-refractivity contribution in [2.75, 3.05) is 6.54 Å². The van der Waals surface area contributed by atoms with Crippen LogP contribution in [0.4, 0.5) is 0 Å². The number of rotatable bonds is 1. The molecule has 0 N–H and O–H groups in total. The standard InChI is InChI=1S/C13H20N2O/c1-12(2)6-10-7-13(3,8-12)9-15(10)11(16)4-5-14/h10H,4,6-9H2,1-3H3. The van der Waals surface area contributed by atoms with Crippen LogP contribution in [-0.4, -0.2) is 23.4 Å². The maximum absolute atomic E-state index is 11.8. The van der Waals surface area contributed by atoms with Crippen molar-refractivity contribution in [1.82, 2.24) is 4.90 Å². The Bertz CT molecular complexity index is 355. The summed E-state index contributed by atoms with van der Waals surface area (Å²) < 4.78 is 0. The minimum atomic E-state index is 0.0222. The first kappa shape index (κ1) is 11.4. The van der Waals surface area contributed by atoms with Gasteiger partial charge in [0.25, 0.3) is 0 Å². The summed E-state index contributed by atoms with van der Waals surface area (Å²) in [6, 6.07) is 2.34. The molecule has 16 heavy (non-hydrogen) atoms. The Kier molecular flexibility index (Phi) is 2.49. The van der Waals surface area contributed by atoms with Gasteiger partial charge in [-0.25, -0.2) is 0 Å². The summed E-state index contributed by atoms with van der Waals surface area (Å²) in [6.45, 7) is 7.70. The van der Waals surface area contributed by atoms with Gasteiger partial charge in [0.2, 0.25) is 5.91 Å². The van der Waals surface area contributed by atoms with Gasteiger partial charge < -0.3 is 4.90 Å². The lowest BCUT2D eigenvalue weighted by Crippen LogP contribution is -2.37. The van der Waals surface area contributed by atoms with E-state index in [9.17, 15) is 4.79 Å². The predicted octanol–water partition coefficient (Wildman–Crippen LogP) is 2.33. The molecule has 0 aromatic carbocycles. The summed E-state index contributed by atoms with van der Waals surface area (Å²) in [5.41, 5.74) is 0.608. The largest absolute Gasteiger partial charge is 0.338 e. The quantitative estimate of drug-likeness (QED) is 0.680. The van der Waals surface area contributed by atoms with Gasteiger partial charge in [-0.3, -0.25) is 4.79 Å². The molecule has 2 rings (SSSR count). The summed E-state index contributed by atoms with van der Waals surface area (Å²) >= 11 is 0. The second kappa shape index (κ2) is 3.48. The van der Waals surface area contributed by atoms with E-state index >= 15 is 0 Å². The van der Waals surface area contributed by atoms with Crippen molar-refractivity contribution < 1.29 is 4.79 Å². The molecule has 1 amide bonds. The second-order valence-electron chi connectivity index (χ2n) is 6.57. The molecular formula is C13H20N2O. The molecule has 0 aromatic rings. The van der Waals surface area contributed by atoms with E-state index < -0.39 is 0 Å². The Hall–Kier alpha value is -1.04. The van der Waals surface area contributed by atoms with Gasteiger partial charge in [-0.2, -0.15) is 5.26 Å². The minimum Gasteiger partial charge on any atom is -0.338 e. The van der Waals surface area contributed by atoms with Gasteiger partial charge >= 0.3 is 0 Å². The summed E-state index contributed by atoms with van der Waals surface area (Å²) in [5.74, 6) is 0.0222. The number of nitriles is 1. The first-order chi connectivity index (χ1) is 7.35. The van der Waals surface area contributed by atoms with Crippen LogP contribution in [0.1, 0.15) is 46.5 Å². The highest BCUT2D eigenvalue weighted by molar-refractivity contribution is 5.79. The normalized spacial score (nSPS) is 35.9. The number of nitrogens with zero attached hydrogens (tertiary/aromatic N) is 2. The highest BCUT2D eigenvalue weighted by Crippen LogP contribution is 2.52. The number of carbonyl (C=O) groups is 1. The number of amides is 1. The molecule has 1 heterocycles. The summed E-state index contributed by atoms with van der Waals surface area (Å²) in [4.78, 5) is 13.8. The minimum absolute atomic E-state index is 0.0222. The lowest BCUT2D eigenvalue weighted by atomic mass is 9.65. The number of fused-ring (bicyclic) bond motifs is 2.